The summed E-state index contributed by atoms with van der Waals surface area (Å²) in [4.78, 5) is 2.61. The van der Waals surface area contributed by atoms with Crippen molar-refractivity contribution >= 4 is 0 Å². The molecule has 17 heavy (non-hydrogen) atoms. The molecule has 1 aromatic carbocycles. The molecular weight excluding hydrogens is 208 g/mol. The molecule has 0 spiro atoms. The van der Waals surface area contributed by atoms with E-state index in [1.54, 1.807) is 0 Å². The summed E-state index contributed by atoms with van der Waals surface area (Å²) in [6.45, 7) is 6.88. The Kier molecular flexibility index (Phi) is 3.17. The summed E-state index contributed by atoms with van der Waals surface area (Å²) >= 11 is 0. The Morgan fingerprint density at radius 1 is 1.35 bits per heavy atom. The van der Waals surface area contributed by atoms with E-state index in [2.05, 4.69) is 41.4 Å². The van der Waals surface area contributed by atoms with Gasteiger partial charge in [0, 0.05) is 32.2 Å². The van der Waals surface area contributed by atoms with E-state index in [4.69, 9.17) is 0 Å². The number of rotatable bonds is 3. The van der Waals surface area contributed by atoms with Gasteiger partial charge in [-0.15, -0.1) is 0 Å². The molecule has 0 amide bonds. The van der Waals surface area contributed by atoms with E-state index in [-0.39, 0.29) is 0 Å². The summed E-state index contributed by atoms with van der Waals surface area (Å²) in [5.41, 5.74) is 2.83. The van der Waals surface area contributed by atoms with Crippen molar-refractivity contribution in [2.75, 3.05) is 19.6 Å². The molecule has 2 heteroatoms. The van der Waals surface area contributed by atoms with Gasteiger partial charge in [-0.25, -0.2) is 0 Å². The molecule has 0 radical (unpaired) electrons. The van der Waals surface area contributed by atoms with Crippen LogP contribution in [0.15, 0.2) is 24.3 Å². The number of hydrogen-bond donors (Lipinski definition) is 1. The molecule has 3 rings (SSSR count). The van der Waals surface area contributed by atoms with E-state index < -0.39 is 0 Å². The molecule has 1 atom stereocenters. The van der Waals surface area contributed by atoms with Crippen LogP contribution >= 0.6 is 0 Å². The van der Waals surface area contributed by atoms with Crippen molar-refractivity contribution < 1.29 is 0 Å². The quantitative estimate of drug-likeness (QED) is 0.856. The van der Waals surface area contributed by atoms with E-state index >= 15 is 0 Å². The Morgan fingerprint density at radius 2 is 2.24 bits per heavy atom. The molecule has 1 aliphatic carbocycles. The highest BCUT2D eigenvalue weighted by Gasteiger charge is 2.33. The highest BCUT2D eigenvalue weighted by molar-refractivity contribution is 5.22. The van der Waals surface area contributed by atoms with Gasteiger partial charge in [0.25, 0.3) is 0 Å². The van der Waals surface area contributed by atoms with Crippen LogP contribution in [0, 0.1) is 12.8 Å². The van der Waals surface area contributed by atoms with Gasteiger partial charge in [0.2, 0.25) is 0 Å². The number of benzene rings is 1. The van der Waals surface area contributed by atoms with Crippen molar-refractivity contribution in [3.63, 3.8) is 0 Å². The smallest absolute Gasteiger partial charge is 0.0235 e. The number of nitrogens with zero attached hydrogens (tertiary/aromatic N) is 1. The Labute approximate surface area is 104 Å². The highest BCUT2D eigenvalue weighted by Crippen LogP contribution is 2.33. The second-order valence-corrected chi connectivity index (χ2v) is 5.62. The number of nitrogens with one attached hydrogen (secondary N) is 1. The fourth-order valence-electron chi connectivity index (χ4n) is 2.87. The van der Waals surface area contributed by atoms with Gasteiger partial charge in [0.15, 0.2) is 0 Å². The molecule has 1 aliphatic heterocycles. The summed E-state index contributed by atoms with van der Waals surface area (Å²) in [5.74, 6) is 0.968. The first kappa shape index (κ1) is 11.2. The molecule has 2 fully saturated rings. The zero-order valence-corrected chi connectivity index (χ0v) is 10.7. The van der Waals surface area contributed by atoms with Crippen LogP contribution in [0.1, 0.15) is 24.0 Å². The third kappa shape index (κ3) is 2.88. The standard InChI is InChI=1S/C15H22N2/c1-12-3-2-4-13(9-12)10-17-8-7-16-15(11-17)14-5-6-14/h2-4,9,14-16H,5-8,10-11H2,1H3. The lowest BCUT2D eigenvalue weighted by Gasteiger charge is -2.34. The van der Waals surface area contributed by atoms with Gasteiger partial charge in [0.1, 0.15) is 0 Å². The van der Waals surface area contributed by atoms with Gasteiger partial charge >= 0.3 is 0 Å². The average molecular weight is 230 g/mol. The molecule has 1 saturated heterocycles. The van der Waals surface area contributed by atoms with Gasteiger partial charge in [-0.1, -0.05) is 29.8 Å². The van der Waals surface area contributed by atoms with Crippen molar-refractivity contribution in [3.8, 4) is 0 Å². The molecular formula is C15H22N2. The summed E-state index contributed by atoms with van der Waals surface area (Å²) in [7, 11) is 0. The zero-order chi connectivity index (χ0) is 11.7. The molecule has 1 N–H and O–H groups in total. The molecule has 1 heterocycles. The molecule has 2 aliphatic rings. The highest BCUT2D eigenvalue weighted by atomic mass is 15.2. The summed E-state index contributed by atoms with van der Waals surface area (Å²) < 4.78 is 0. The van der Waals surface area contributed by atoms with Crippen molar-refractivity contribution in [1.82, 2.24) is 10.2 Å². The predicted octanol–water partition coefficient (Wildman–Crippen LogP) is 2.18. The minimum atomic E-state index is 0.758. The van der Waals surface area contributed by atoms with E-state index in [9.17, 15) is 0 Å². The minimum Gasteiger partial charge on any atom is -0.311 e. The van der Waals surface area contributed by atoms with Crippen LogP contribution in [0.4, 0.5) is 0 Å². The summed E-state index contributed by atoms with van der Waals surface area (Å²) in [5, 5.41) is 3.67. The molecule has 1 unspecified atom stereocenters. The fraction of sp³-hybridized carbons (Fsp3) is 0.600. The predicted molar refractivity (Wildman–Crippen MR) is 71.0 cm³/mol. The monoisotopic (exact) mass is 230 g/mol. The first-order chi connectivity index (χ1) is 8.31. The fourth-order valence-corrected chi connectivity index (χ4v) is 2.87. The van der Waals surface area contributed by atoms with Crippen LogP contribution in [-0.4, -0.2) is 30.6 Å². The van der Waals surface area contributed by atoms with Crippen LogP contribution in [-0.2, 0) is 6.54 Å². The first-order valence-corrected chi connectivity index (χ1v) is 6.82. The van der Waals surface area contributed by atoms with Crippen LogP contribution in [0.3, 0.4) is 0 Å². The van der Waals surface area contributed by atoms with Crippen molar-refractivity contribution in [1.29, 1.82) is 0 Å². The number of piperazine rings is 1. The zero-order valence-electron chi connectivity index (χ0n) is 10.7. The second-order valence-electron chi connectivity index (χ2n) is 5.62. The third-order valence-electron chi connectivity index (χ3n) is 3.97. The maximum absolute atomic E-state index is 3.67. The average Bonchev–Trinajstić information content (AvgIpc) is 3.13. The Morgan fingerprint density at radius 3 is 3.00 bits per heavy atom. The Balaban J connectivity index is 1.60. The normalized spacial score (nSPS) is 26.1. The lowest BCUT2D eigenvalue weighted by atomic mass is 10.1. The van der Waals surface area contributed by atoms with Crippen LogP contribution < -0.4 is 5.32 Å². The SMILES string of the molecule is Cc1cccc(CN2CCNC(C3CC3)C2)c1. The van der Waals surface area contributed by atoms with Crippen molar-refractivity contribution in [3.05, 3.63) is 35.4 Å². The van der Waals surface area contributed by atoms with Gasteiger partial charge in [-0.2, -0.15) is 0 Å². The van der Waals surface area contributed by atoms with E-state index in [0.29, 0.717) is 0 Å². The third-order valence-corrected chi connectivity index (χ3v) is 3.97. The van der Waals surface area contributed by atoms with Crippen LogP contribution in [0.2, 0.25) is 0 Å². The van der Waals surface area contributed by atoms with E-state index in [0.717, 1.165) is 25.0 Å². The summed E-state index contributed by atoms with van der Waals surface area (Å²) in [6, 6.07) is 9.67. The summed E-state index contributed by atoms with van der Waals surface area (Å²) in [6.07, 6.45) is 2.88. The molecule has 1 saturated carbocycles. The van der Waals surface area contributed by atoms with Crippen LogP contribution in [0.5, 0.6) is 0 Å². The van der Waals surface area contributed by atoms with E-state index in [1.165, 1.54) is 37.1 Å². The molecule has 2 nitrogen and oxygen atoms in total. The molecule has 0 bridgehead atoms. The Bertz CT molecular complexity index is 384. The minimum absolute atomic E-state index is 0.758. The lowest BCUT2D eigenvalue weighted by Crippen LogP contribution is -2.51. The largest absolute Gasteiger partial charge is 0.311 e. The van der Waals surface area contributed by atoms with E-state index in [1.807, 2.05) is 0 Å². The van der Waals surface area contributed by atoms with Crippen molar-refractivity contribution in [2.24, 2.45) is 5.92 Å². The van der Waals surface area contributed by atoms with Gasteiger partial charge in [0.05, 0.1) is 0 Å². The number of aryl methyl sites for hydroxylation is 1. The van der Waals surface area contributed by atoms with Gasteiger partial charge in [-0.3, -0.25) is 4.90 Å². The topological polar surface area (TPSA) is 15.3 Å². The lowest BCUT2D eigenvalue weighted by molar-refractivity contribution is 0.181. The first-order valence-electron chi connectivity index (χ1n) is 6.82. The molecule has 0 aromatic heterocycles. The maximum atomic E-state index is 3.67. The maximum Gasteiger partial charge on any atom is 0.0235 e. The van der Waals surface area contributed by atoms with Gasteiger partial charge in [-0.05, 0) is 31.2 Å². The molecule has 92 valence electrons. The Hall–Kier alpha value is -0.860. The molecule has 1 aromatic rings. The van der Waals surface area contributed by atoms with Crippen LogP contribution in [0.25, 0.3) is 0 Å². The van der Waals surface area contributed by atoms with Crippen molar-refractivity contribution in [2.45, 2.75) is 32.4 Å². The van der Waals surface area contributed by atoms with Gasteiger partial charge < -0.3 is 5.32 Å². The second kappa shape index (κ2) is 4.79. The number of hydrogen-bond acceptors (Lipinski definition) is 2.